The summed E-state index contributed by atoms with van der Waals surface area (Å²) in [5.41, 5.74) is 2.43. The molecule has 0 radical (unpaired) electrons. The van der Waals surface area contributed by atoms with Crippen LogP contribution in [0.15, 0.2) is 23.2 Å². The second kappa shape index (κ2) is 6.20. The number of phenolic OH excluding ortho intramolecular Hbond substituents is 1. The molecule has 0 saturated carbocycles. The number of ether oxygens (including phenoxy) is 1. The molecule has 1 aliphatic carbocycles. The lowest BCUT2D eigenvalue weighted by Crippen LogP contribution is -1.93. The number of fused-ring (bicyclic) bond motifs is 1. The molecule has 0 amide bonds. The zero-order chi connectivity index (χ0) is 15.5. The van der Waals surface area contributed by atoms with Gasteiger partial charge in [0.1, 0.15) is 11.1 Å². The Morgan fingerprint density at radius 2 is 2.32 bits per heavy atom. The molecule has 112 valence electrons. The highest BCUT2D eigenvalue weighted by Gasteiger charge is 2.21. The van der Waals surface area contributed by atoms with E-state index in [-0.39, 0.29) is 5.75 Å². The number of hydrogen-bond acceptors (Lipinski definition) is 5. The van der Waals surface area contributed by atoms with Crippen molar-refractivity contribution in [3.8, 4) is 17.6 Å². The summed E-state index contributed by atoms with van der Waals surface area (Å²) in [6.45, 7) is 2.36. The third-order valence-corrected chi connectivity index (χ3v) is 4.87. The van der Waals surface area contributed by atoms with E-state index in [0.29, 0.717) is 23.5 Å². The Morgan fingerprint density at radius 3 is 3.09 bits per heavy atom. The van der Waals surface area contributed by atoms with Crippen LogP contribution in [0.2, 0.25) is 0 Å². The minimum atomic E-state index is 0.0794. The molecule has 3 rings (SSSR count). The fraction of sp³-hybridized carbons (Fsp3) is 0.294. The van der Waals surface area contributed by atoms with Crippen LogP contribution in [0.3, 0.4) is 0 Å². The molecule has 1 heterocycles. The summed E-state index contributed by atoms with van der Waals surface area (Å²) < 4.78 is 5.36. The van der Waals surface area contributed by atoms with Crippen LogP contribution >= 0.6 is 11.3 Å². The van der Waals surface area contributed by atoms with Gasteiger partial charge in [-0.2, -0.15) is 5.26 Å². The number of rotatable bonds is 4. The molecule has 2 aromatic rings. The van der Waals surface area contributed by atoms with Crippen molar-refractivity contribution in [3.05, 3.63) is 39.8 Å². The van der Waals surface area contributed by atoms with Crippen LogP contribution in [-0.2, 0) is 12.8 Å². The lowest BCUT2D eigenvalue weighted by Gasteiger charge is -2.06. The first kappa shape index (κ1) is 14.6. The van der Waals surface area contributed by atoms with Crippen LogP contribution in [0.5, 0.6) is 11.5 Å². The van der Waals surface area contributed by atoms with E-state index in [9.17, 15) is 10.4 Å². The van der Waals surface area contributed by atoms with E-state index in [1.807, 2.05) is 13.0 Å². The number of thiophene rings is 1. The van der Waals surface area contributed by atoms with Crippen molar-refractivity contribution in [2.45, 2.75) is 26.2 Å². The monoisotopic (exact) mass is 312 g/mol. The first-order valence-corrected chi connectivity index (χ1v) is 8.09. The van der Waals surface area contributed by atoms with E-state index < -0.39 is 0 Å². The maximum absolute atomic E-state index is 10.2. The first-order valence-electron chi connectivity index (χ1n) is 7.28. The van der Waals surface area contributed by atoms with Gasteiger partial charge in [0.15, 0.2) is 11.5 Å². The third kappa shape index (κ3) is 2.58. The quantitative estimate of drug-likeness (QED) is 0.869. The van der Waals surface area contributed by atoms with Gasteiger partial charge in [-0.1, -0.05) is 6.07 Å². The largest absolute Gasteiger partial charge is 0.504 e. The summed E-state index contributed by atoms with van der Waals surface area (Å²) in [4.78, 5) is 5.70. The number of aryl methyl sites for hydroxylation is 1. The average molecular weight is 312 g/mol. The van der Waals surface area contributed by atoms with Gasteiger partial charge in [0.25, 0.3) is 0 Å². The van der Waals surface area contributed by atoms with Crippen molar-refractivity contribution < 1.29 is 9.84 Å². The van der Waals surface area contributed by atoms with Crippen LogP contribution in [-0.4, -0.2) is 17.9 Å². The highest BCUT2D eigenvalue weighted by atomic mass is 32.1. The molecule has 0 unspecified atom stereocenters. The zero-order valence-electron chi connectivity index (χ0n) is 12.3. The Hall–Kier alpha value is -2.32. The molecule has 22 heavy (non-hydrogen) atoms. The molecule has 0 bridgehead atoms. The smallest absolute Gasteiger partial charge is 0.166 e. The topological polar surface area (TPSA) is 65.6 Å². The van der Waals surface area contributed by atoms with Crippen LogP contribution in [0, 0.1) is 11.3 Å². The summed E-state index contributed by atoms with van der Waals surface area (Å²) in [5.74, 6) is 0.524. The number of nitrogens with zero attached hydrogens (tertiary/aromatic N) is 2. The Balaban J connectivity index is 1.93. The van der Waals surface area contributed by atoms with Crippen molar-refractivity contribution in [3.63, 3.8) is 0 Å². The second-order valence-electron chi connectivity index (χ2n) is 5.03. The van der Waals surface area contributed by atoms with Gasteiger partial charge >= 0.3 is 0 Å². The van der Waals surface area contributed by atoms with Gasteiger partial charge in [-0.25, -0.2) is 4.99 Å². The van der Waals surface area contributed by atoms with Gasteiger partial charge in [-0.3, -0.25) is 0 Å². The predicted molar refractivity (Wildman–Crippen MR) is 87.6 cm³/mol. The minimum Gasteiger partial charge on any atom is -0.504 e. The molecule has 0 atom stereocenters. The molecule has 4 nitrogen and oxygen atoms in total. The Bertz CT molecular complexity index is 772. The number of benzene rings is 1. The van der Waals surface area contributed by atoms with E-state index in [1.165, 1.54) is 4.88 Å². The van der Waals surface area contributed by atoms with Crippen molar-refractivity contribution in [1.82, 2.24) is 0 Å². The Kier molecular flexibility index (Phi) is 4.12. The lowest BCUT2D eigenvalue weighted by atomic mass is 10.1. The van der Waals surface area contributed by atoms with Crippen molar-refractivity contribution >= 4 is 22.6 Å². The molecular formula is C17H16N2O2S. The fourth-order valence-corrected chi connectivity index (χ4v) is 3.82. The lowest BCUT2D eigenvalue weighted by molar-refractivity contribution is 0.318. The van der Waals surface area contributed by atoms with Crippen molar-refractivity contribution in [2.75, 3.05) is 6.61 Å². The summed E-state index contributed by atoms with van der Waals surface area (Å²) in [7, 11) is 0. The van der Waals surface area contributed by atoms with Crippen LogP contribution < -0.4 is 4.74 Å². The van der Waals surface area contributed by atoms with Crippen LogP contribution in [0.4, 0.5) is 5.00 Å². The number of aliphatic imine (C=N–C) groups is 1. The highest BCUT2D eigenvalue weighted by Crippen LogP contribution is 2.40. The standard InChI is InChI=1S/C17H16N2O2S/c1-2-21-14-7-3-5-11(16(14)20)10-19-17-13(9-18)12-6-4-8-15(12)22-17/h3,5,7,10,20H,2,4,6,8H2,1H3/b19-10+. The van der Waals surface area contributed by atoms with Crippen molar-refractivity contribution in [1.29, 1.82) is 5.26 Å². The molecular weight excluding hydrogens is 296 g/mol. The van der Waals surface area contributed by atoms with Gasteiger partial charge in [-0.05, 0) is 43.9 Å². The SMILES string of the molecule is CCOc1cccc(/C=N/c2sc3c(c2C#N)CCC3)c1O. The van der Waals surface area contributed by atoms with Crippen LogP contribution in [0.1, 0.15) is 34.9 Å². The van der Waals surface area contributed by atoms with E-state index in [2.05, 4.69) is 11.1 Å². The fourth-order valence-electron chi connectivity index (χ4n) is 2.64. The summed E-state index contributed by atoms with van der Waals surface area (Å²) in [5, 5.41) is 20.2. The maximum atomic E-state index is 10.2. The number of para-hydroxylation sites is 1. The maximum Gasteiger partial charge on any atom is 0.166 e. The number of nitriles is 1. The molecule has 0 spiro atoms. The van der Waals surface area contributed by atoms with Crippen LogP contribution in [0.25, 0.3) is 0 Å². The molecule has 0 fully saturated rings. The number of aromatic hydroxyl groups is 1. The number of phenols is 1. The zero-order valence-corrected chi connectivity index (χ0v) is 13.1. The Labute approximate surface area is 133 Å². The summed E-state index contributed by atoms with van der Waals surface area (Å²) in [6, 6.07) is 7.57. The molecule has 1 aromatic carbocycles. The Morgan fingerprint density at radius 1 is 1.45 bits per heavy atom. The van der Waals surface area contributed by atoms with Gasteiger partial charge in [-0.15, -0.1) is 11.3 Å². The molecule has 1 aromatic heterocycles. The third-order valence-electron chi connectivity index (χ3n) is 3.67. The van der Waals surface area contributed by atoms with Gasteiger partial charge in [0.05, 0.1) is 12.2 Å². The average Bonchev–Trinajstić information content (AvgIpc) is 3.08. The van der Waals surface area contributed by atoms with Gasteiger partial charge in [0.2, 0.25) is 0 Å². The minimum absolute atomic E-state index is 0.0794. The van der Waals surface area contributed by atoms with E-state index in [0.717, 1.165) is 29.8 Å². The molecule has 1 N–H and O–H groups in total. The normalized spacial score (nSPS) is 13.3. The first-order chi connectivity index (χ1) is 10.7. The molecule has 0 aliphatic heterocycles. The molecule has 0 saturated heterocycles. The molecule has 5 heteroatoms. The highest BCUT2D eigenvalue weighted by molar-refractivity contribution is 7.16. The predicted octanol–water partition coefficient (Wildman–Crippen LogP) is 3.96. The molecule has 1 aliphatic rings. The van der Waals surface area contributed by atoms with E-state index in [4.69, 9.17) is 4.74 Å². The summed E-state index contributed by atoms with van der Waals surface area (Å²) >= 11 is 1.58. The van der Waals surface area contributed by atoms with Gasteiger partial charge < -0.3 is 9.84 Å². The number of hydrogen-bond donors (Lipinski definition) is 1. The van der Waals surface area contributed by atoms with E-state index in [1.54, 1.807) is 29.7 Å². The van der Waals surface area contributed by atoms with Gasteiger partial charge in [0, 0.05) is 16.7 Å². The second-order valence-corrected chi connectivity index (χ2v) is 6.12. The van der Waals surface area contributed by atoms with E-state index >= 15 is 0 Å². The summed E-state index contributed by atoms with van der Waals surface area (Å²) in [6.07, 6.45) is 4.72. The van der Waals surface area contributed by atoms with Crippen molar-refractivity contribution in [2.24, 2.45) is 4.99 Å².